The highest BCUT2D eigenvalue weighted by Gasteiger charge is 2.27. The number of aliphatic imine (C=N–C) groups is 1. The lowest BCUT2D eigenvalue weighted by atomic mass is 10.3. The molecule has 5 nitrogen and oxygen atoms in total. The van der Waals surface area contributed by atoms with E-state index in [9.17, 15) is 0 Å². The number of rotatable bonds is 4. The van der Waals surface area contributed by atoms with Crippen molar-refractivity contribution in [3.8, 4) is 0 Å². The van der Waals surface area contributed by atoms with Crippen LogP contribution in [0.1, 0.15) is 31.2 Å². The molecule has 1 aromatic rings. The van der Waals surface area contributed by atoms with Crippen molar-refractivity contribution >= 4 is 11.8 Å². The molecule has 20 heavy (non-hydrogen) atoms. The minimum atomic E-state index is 0.606. The van der Waals surface area contributed by atoms with E-state index in [1.54, 1.807) is 0 Å². The van der Waals surface area contributed by atoms with Crippen LogP contribution in [0, 0.1) is 0 Å². The first kappa shape index (κ1) is 13.2. The SMILES string of the molecule is CN(C(N)=NCc1ccc(N2CCCC2)nc1)C1CC1. The molecule has 0 bridgehead atoms. The first-order chi connectivity index (χ1) is 9.74. The number of nitrogens with zero attached hydrogens (tertiary/aromatic N) is 4. The summed E-state index contributed by atoms with van der Waals surface area (Å²) in [5, 5.41) is 0. The van der Waals surface area contributed by atoms with Crippen LogP contribution in [-0.2, 0) is 6.54 Å². The fourth-order valence-electron chi connectivity index (χ4n) is 2.58. The maximum Gasteiger partial charge on any atom is 0.191 e. The summed E-state index contributed by atoms with van der Waals surface area (Å²) in [6, 6.07) is 4.81. The van der Waals surface area contributed by atoms with Crippen LogP contribution >= 0.6 is 0 Å². The molecule has 1 aromatic heterocycles. The second kappa shape index (κ2) is 5.69. The van der Waals surface area contributed by atoms with Gasteiger partial charge in [-0.05, 0) is 37.3 Å². The van der Waals surface area contributed by atoms with E-state index in [-0.39, 0.29) is 0 Å². The Hall–Kier alpha value is -1.78. The zero-order chi connectivity index (χ0) is 13.9. The standard InChI is InChI=1S/C15H23N5/c1-19(13-5-6-13)15(16)18-11-12-4-7-14(17-10-12)20-8-2-3-9-20/h4,7,10,13H,2-3,5-6,8-9,11H2,1H3,(H2,16,18). The molecule has 2 N–H and O–H groups in total. The van der Waals surface area contributed by atoms with Gasteiger partial charge >= 0.3 is 0 Å². The van der Waals surface area contributed by atoms with Crippen LogP contribution in [0.15, 0.2) is 23.3 Å². The summed E-state index contributed by atoms with van der Waals surface area (Å²) >= 11 is 0. The van der Waals surface area contributed by atoms with Crippen LogP contribution in [0.4, 0.5) is 5.82 Å². The summed E-state index contributed by atoms with van der Waals surface area (Å²) in [7, 11) is 2.02. The van der Waals surface area contributed by atoms with Crippen LogP contribution in [0.25, 0.3) is 0 Å². The fourth-order valence-corrected chi connectivity index (χ4v) is 2.58. The molecule has 3 rings (SSSR count). The summed E-state index contributed by atoms with van der Waals surface area (Å²) in [4.78, 5) is 13.4. The van der Waals surface area contributed by atoms with Gasteiger partial charge in [-0.25, -0.2) is 9.98 Å². The lowest BCUT2D eigenvalue weighted by Crippen LogP contribution is -2.35. The Balaban J connectivity index is 1.58. The molecular formula is C15H23N5. The topological polar surface area (TPSA) is 57.8 Å². The van der Waals surface area contributed by atoms with Gasteiger partial charge in [0.2, 0.25) is 0 Å². The summed E-state index contributed by atoms with van der Waals surface area (Å²) < 4.78 is 0. The van der Waals surface area contributed by atoms with E-state index >= 15 is 0 Å². The number of hydrogen-bond acceptors (Lipinski definition) is 3. The fraction of sp³-hybridized carbons (Fsp3) is 0.600. The van der Waals surface area contributed by atoms with E-state index in [1.807, 2.05) is 13.2 Å². The highest BCUT2D eigenvalue weighted by Crippen LogP contribution is 2.25. The Bertz CT molecular complexity index is 472. The van der Waals surface area contributed by atoms with E-state index in [0.29, 0.717) is 18.5 Å². The van der Waals surface area contributed by atoms with Crippen molar-refractivity contribution in [2.24, 2.45) is 10.7 Å². The van der Waals surface area contributed by atoms with Crippen molar-refractivity contribution in [1.82, 2.24) is 9.88 Å². The zero-order valence-electron chi connectivity index (χ0n) is 12.1. The molecule has 0 unspecified atom stereocenters. The second-order valence-electron chi connectivity index (χ2n) is 5.74. The van der Waals surface area contributed by atoms with Gasteiger partial charge in [0.1, 0.15) is 5.82 Å². The predicted octanol–water partition coefficient (Wildman–Crippen LogP) is 1.59. The number of guanidine groups is 1. The Morgan fingerprint density at radius 1 is 1.40 bits per heavy atom. The third kappa shape index (κ3) is 3.03. The number of nitrogens with two attached hydrogens (primary N) is 1. The number of anilines is 1. The van der Waals surface area contributed by atoms with E-state index in [1.165, 1.54) is 25.7 Å². The molecular weight excluding hydrogens is 250 g/mol. The normalized spacial score (nSPS) is 19.4. The highest BCUT2D eigenvalue weighted by molar-refractivity contribution is 5.78. The molecule has 108 valence electrons. The zero-order valence-corrected chi connectivity index (χ0v) is 12.1. The molecule has 0 aromatic carbocycles. The molecule has 0 atom stereocenters. The maximum absolute atomic E-state index is 5.98. The van der Waals surface area contributed by atoms with E-state index in [4.69, 9.17) is 5.73 Å². The van der Waals surface area contributed by atoms with E-state index in [2.05, 4.69) is 31.9 Å². The van der Waals surface area contributed by atoms with Crippen molar-refractivity contribution in [3.05, 3.63) is 23.9 Å². The van der Waals surface area contributed by atoms with Crippen molar-refractivity contribution in [3.63, 3.8) is 0 Å². The molecule has 2 heterocycles. The largest absolute Gasteiger partial charge is 0.370 e. The van der Waals surface area contributed by atoms with Crippen molar-refractivity contribution in [1.29, 1.82) is 0 Å². The maximum atomic E-state index is 5.98. The molecule has 2 fully saturated rings. The Labute approximate surface area is 120 Å². The number of hydrogen-bond donors (Lipinski definition) is 1. The molecule has 5 heteroatoms. The van der Waals surface area contributed by atoms with Gasteiger partial charge in [0.15, 0.2) is 5.96 Å². The van der Waals surface area contributed by atoms with Gasteiger partial charge in [-0.2, -0.15) is 0 Å². The summed E-state index contributed by atoms with van der Waals surface area (Å²) in [6.45, 7) is 2.86. The van der Waals surface area contributed by atoms with Gasteiger partial charge in [-0.1, -0.05) is 6.07 Å². The summed E-state index contributed by atoms with van der Waals surface area (Å²) in [5.74, 6) is 1.72. The number of pyridine rings is 1. The lowest BCUT2D eigenvalue weighted by molar-refractivity contribution is 0.487. The van der Waals surface area contributed by atoms with Crippen LogP contribution < -0.4 is 10.6 Å². The smallest absolute Gasteiger partial charge is 0.191 e. The van der Waals surface area contributed by atoms with Gasteiger partial charge < -0.3 is 15.5 Å². The van der Waals surface area contributed by atoms with E-state index < -0.39 is 0 Å². The minimum Gasteiger partial charge on any atom is -0.370 e. The first-order valence-corrected chi connectivity index (χ1v) is 7.46. The summed E-state index contributed by atoms with van der Waals surface area (Å²) in [6.07, 6.45) is 6.94. The van der Waals surface area contributed by atoms with Crippen molar-refractivity contribution in [2.45, 2.75) is 38.3 Å². The molecule has 1 saturated heterocycles. The molecule has 0 radical (unpaired) electrons. The van der Waals surface area contributed by atoms with Gasteiger partial charge in [0.25, 0.3) is 0 Å². The third-order valence-corrected chi connectivity index (χ3v) is 4.12. The Morgan fingerprint density at radius 2 is 2.15 bits per heavy atom. The van der Waals surface area contributed by atoms with Crippen LogP contribution in [0.5, 0.6) is 0 Å². The van der Waals surface area contributed by atoms with Gasteiger partial charge in [-0.3, -0.25) is 0 Å². The average molecular weight is 273 g/mol. The Kier molecular flexibility index (Phi) is 3.76. The van der Waals surface area contributed by atoms with Crippen LogP contribution in [-0.4, -0.2) is 42.0 Å². The average Bonchev–Trinajstić information content (AvgIpc) is 3.19. The van der Waals surface area contributed by atoms with Crippen molar-refractivity contribution < 1.29 is 0 Å². The molecule has 0 spiro atoms. The molecule has 2 aliphatic rings. The van der Waals surface area contributed by atoms with Crippen molar-refractivity contribution in [2.75, 3.05) is 25.0 Å². The molecule has 0 amide bonds. The third-order valence-electron chi connectivity index (χ3n) is 4.12. The quantitative estimate of drug-likeness (QED) is 0.668. The predicted molar refractivity (Wildman–Crippen MR) is 81.8 cm³/mol. The Morgan fingerprint density at radius 3 is 2.75 bits per heavy atom. The van der Waals surface area contributed by atoms with Gasteiger partial charge in [-0.15, -0.1) is 0 Å². The van der Waals surface area contributed by atoms with Crippen LogP contribution in [0.3, 0.4) is 0 Å². The van der Waals surface area contributed by atoms with Gasteiger partial charge in [0, 0.05) is 32.4 Å². The molecule has 1 saturated carbocycles. The van der Waals surface area contributed by atoms with Gasteiger partial charge in [0.05, 0.1) is 6.54 Å². The lowest BCUT2D eigenvalue weighted by Gasteiger charge is -2.17. The minimum absolute atomic E-state index is 0.606. The van der Waals surface area contributed by atoms with Crippen LogP contribution in [0.2, 0.25) is 0 Å². The molecule has 1 aliphatic carbocycles. The monoisotopic (exact) mass is 273 g/mol. The van der Waals surface area contributed by atoms with E-state index in [0.717, 1.165) is 24.5 Å². The highest BCUT2D eigenvalue weighted by atomic mass is 15.3. The second-order valence-corrected chi connectivity index (χ2v) is 5.74. The first-order valence-electron chi connectivity index (χ1n) is 7.46. The molecule has 1 aliphatic heterocycles. The number of aromatic nitrogens is 1. The summed E-state index contributed by atoms with van der Waals surface area (Å²) in [5.41, 5.74) is 7.09.